The van der Waals surface area contributed by atoms with E-state index in [0.29, 0.717) is 6.61 Å². The van der Waals surface area contributed by atoms with Crippen LogP contribution in [0.25, 0.3) is 0 Å². The van der Waals surface area contributed by atoms with E-state index < -0.39 is 10.1 Å². The molecule has 0 aromatic carbocycles. The Hall–Kier alpha value is -0.0900. The first kappa shape index (κ1) is 11.0. The Morgan fingerprint density at radius 2 is 1.92 bits per heavy atom. The Morgan fingerprint density at radius 1 is 1.31 bits per heavy atom. The van der Waals surface area contributed by atoms with Crippen LogP contribution in [0.3, 0.4) is 0 Å². The van der Waals surface area contributed by atoms with Gasteiger partial charge < -0.3 is 0 Å². The van der Waals surface area contributed by atoms with Gasteiger partial charge in [0.1, 0.15) is 0 Å². The molecule has 0 N–H and O–H groups in total. The van der Waals surface area contributed by atoms with Crippen molar-refractivity contribution in [2.24, 2.45) is 5.92 Å². The minimum atomic E-state index is -3.22. The highest BCUT2D eigenvalue weighted by Crippen LogP contribution is 2.28. The second-order valence-corrected chi connectivity index (χ2v) is 5.46. The lowest BCUT2D eigenvalue weighted by Gasteiger charge is -2.07. The maximum absolute atomic E-state index is 10.6. The predicted molar refractivity (Wildman–Crippen MR) is 52.0 cm³/mol. The Morgan fingerprint density at radius 3 is 2.46 bits per heavy atom. The molecule has 0 bridgehead atoms. The summed E-state index contributed by atoms with van der Waals surface area (Å²) >= 11 is 0. The number of rotatable bonds is 5. The quantitative estimate of drug-likeness (QED) is 0.510. The van der Waals surface area contributed by atoms with Crippen LogP contribution in [0.5, 0.6) is 0 Å². The van der Waals surface area contributed by atoms with Gasteiger partial charge >= 0.3 is 0 Å². The van der Waals surface area contributed by atoms with Crippen LogP contribution in [0.15, 0.2) is 0 Å². The second kappa shape index (κ2) is 4.96. The smallest absolute Gasteiger partial charge is 0.264 e. The van der Waals surface area contributed by atoms with Crippen LogP contribution < -0.4 is 0 Å². The van der Waals surface area contributed by atoms with E-state index in [4.69, 9.17) is 0 Å². The molecule has 1 aliphatic carbocycles. The van der Waals surface area contributed by atoms with Gasteiger partial charge in [-0.25, -0.2) is 0 Å². The molecule has 0 aromatic heterocycles. The summed E-state index contributed by atoms with van der Waals surface area (Å²) in [6.45, 7) is 0.356. The fraction of sp³-hybridized carbons (Fsp3) is 1.00. The molecule has 0 amide bonds. The molecule has 1 aliphatic rings. The van der Waals surface area contributed by atoms with Crippen molar-refractivity contribution < 1.29 is 12.6 Å². The van der Waals surface area contributed by atoms with Crippen LogP contribution in [0.2, 0.25) is 0 Å². The molecule has 3 nitrogen and oxygen atoms in total. The van der Waals surface area contributed by atoms with Gasteiger partial charge in [0.2, 0.25) is 0 Å². The fourth-order valence-electron chi connectivity index (χ4n) is 1.88. The SMILES string of the molecule is CS(=O)(=O)OCCCC1CCCC1. The summed E-state index contributed by atoms with van der Waals surface area (Å²) in [6, 6.07) is 0. The van der Waals surface area contributed by atoms with Crippen LogP contribution in [0, 0.1) is 5.92 Å². The predicted octanol–water partition coefficient (Wildman–Crippen LogP) is 1.93. The normalized spacial score (nSPS) is 19.5. The Balaban J connectivity index is 2.01. The summed E-state index contributed by atoms with van der Waals surface area (Å²) in [5, 5.41) is 0. The molecule has 1 fully saturated rings. The molecule has 13 heavy (non-hydrogen) atoms. The molecule has 1 rings (SSSR count). The first-order valence-corrected chi connectivity index (χ1v) is 6.74. The van der Waals surface area contributed by atoms with E-state index in [1.54, 1.807) is 0 Å². The molecule has 0 heterocycles. The van der Waals surface area contributed by atoms with Gasteiger partial charge in [-0.15, -0.1) is 0 Å². The third-order valence-corrected chi connectivity index (χ3v) is 3.12. The summed E-state index contributed by atoms with van der Waals surface area (Å²) in [6.07, 6.45) is 8.42. The molecule has 0 unspecified atom stereocenters. The highest BCUT2D eigenvalue weighted by Gasteiger charge is 2.14. The van der Waals surface area contributed by atoms with Crippen molar-refractivity contribution in [2.75, 3.05) is 12.9 Å². The van der Waals surface area contributed by atoms with E-state index in [9.17, 15) is 8.42 Å². The van der Waals surface area contributed by atoms with Gasteiger partial charge in [-0.05, 0) is 18.8 Å². The number of hydrogen-bond acceptors (Lipinski definition) is 3. The Labute approximate surface area is 80.6 Å². The number of hydrogen-bond donors (Lipinski definition) is 0. The van der Waals surface area contributed by atoms with Gasteiger partial charge in [-0.3, -0.25) is 4.18 Å². The topological polar surface area (TPSA) is 43.4 Å². The van der Waals surface area contributed by atoms with Crippen LogP contribution in [-0.4, -0.2) is 21.3 Å². The molecule has 4 heteroatoms. The molecule has 0 aliphatic heterocycles. The first-order valence-electron chi connectivity index (χ1n) is 4.92. The van der Waals surface area contributed by atoms with Crippen molar-refractivity contribution in [3.63, 3.8) is 0 Å². The van der Waals surface area contributed by atoms with Gasteiger partial charge in [-0.2, -0.15) is 8.42 Å². The Kier molecular flexibility index (Phi) is 4.19. The zero-order chi connectivity index (χ0) is 9.73. The minimum absolute atomic E-state index is 0.356. The molecule has 0 spiro atoms. The maximum atomic E-state index is 10.6. The van der Waals surface area contributed by atoms with E-state index in [1.807, 2.05) is 0 Å². The lowest BCUT2D eigenvalue weighted by Crippen LogP contribution is -2.05. The van der Waals surface area contributed by atoms with Crippen LogP contribution in [-0.2, 0) is 14.3 Å². The second-order valence-electron chi connectivity index (χ2n) is 3.82. The van der Waals surface area contributed by atoms with Crippen molar-refractivity contribution >= 4 is 10.1 Å². The Bertz CT molecular complexity index is 227. The van der Waals surface area contributed by atoms with Crippen LogP contribution in [0.4, 0.5) is 0 Å². The molecule has 0 aromatic rings. The zero-order valence-corrected chi connectivity index (χ0v) is 8.98. The lowest BCUT2D eigenvalue weighted by atomic mass is 10.0. The third kappa shape index (κ3) is 5.26. The third-order valence-electron chi connectivity index (χ3n) is 2.53. The zero-order valence-electron chi connectivity index (χ0n) is 8.16. The standard InChI is InChI=1S/C9H18O3S/c1-13(10,11)12-8-4-7-9-5-2-3-6-9/h9H,2-8H2,1H3. The van der Waals surface area contributed by atoms with Crippen LogP contribution in [0.1, 0.15) is 38.5 Å². The molecule has 0 saturated heterocycles. The summed E-state index contributed by atoms with van der Waals surface area (Å²) in [7, 11) is -3.22. The van der Waals surface area contributed by atoms with E-state index in [-0.39, 0.29) is 0 Å². The first-order chi connectivity index (χ1) is 6.08. The molecule has 1 saturated carbocycles. The lowest BCUT2D eigenvalue weighted by molar-refractivity contribution is 0.298. The summed E-state index contributed by atoms with van der Waals surface area (Å²) in [5.74, 6) is 0.822. The van der Waals surface area contributed by atoms with Crippen molar-refractivity contribution in [3.05, 3.63) is 0 Å². The molecular formula is C9H18O3S. The van der Waals surface area contributed by atoms with Gasteiger partial charge in [0.15, 0.2) is 0 Å². The van der Waals surface area contributed by atoms with Gasteiger partial charge in [-0.1, -0.05) is 25.7 Å². The van der Waals surface area contributed by atoms with Crippen molar-refractivity contribution in [1.29, 1.82) is 0 Å². The minimum Gasteiger partial charge on any atom is -0.270 e. The molecule has 78 valence electrons. The van der Waals surface area contributed by atoms with Gasteiger partial charge in [0.05, 0.1) is 12.9 Å². The fourth-order valence-corrected chi connectivity index (χ4v) is 2.30. The highest BCUT2D eigenvalue weighted by molar-refractivity contribution is 7.85. The van der Waals surface area contributed by atoms with E-state index in [0.717, 1.165) is 25.0 Å². The van der Waals surface area contributed by atoms with Crippen molar-refractivity contribution in [2.45, 2.75) is 38.5 Å². The molecule has 0 radical (unpaired) electrons. The van der Waals surface area contributed by atoms with E-state index >= 15 is 0 Å². The van der Waals surface area contributed by atoms with Crippen LogP contribution >= 0.6 is 0 Å². The summed E-state index contributed by atoms with van der Waals surface area (Å²) in [5.41, 5.74) is 0. The highest BCUT2D eigenvalue weighted by atomic mass is 32.2. The molecule has 0 atom stereocenters. The average molecular weight is 206 g/mol. The molecular weight excluding hydrogens is 188 g/mol. The van der Waals surface area contributed by atoms with E-state index in [2.05, 4.69) is 4.18 Å². The van der Waals surface area contributed by atoms with Crippen molar-refractivity contribution in [3.8, 4) is 0 Å². The monoisotopic (exact) mass is 206 g/mol. The van der Waals surface area contributed by atoms with Crippen molar-refractivity contribution in [1.82, 2.24) is 0 Å². The average Bonchev–Trinajstić information content (AvgIpc) is 2.48. The largest absolute Gasteiger partial charge is 0.270 e. The summed E-state index contributed by atoms with van der Waals surface area (Å²) < 4.78 is 25.9. The summed E-state index contributed by atoms with van der Waals surface area (Å²) in [4.78, 5) is 0. The van der Waals surface area contributed by atoms with Gasteiger partial charge in [0, 0.05) is 0 Å². The maximum Gasteiger partial charge on any atom is 0.264 e. The van der Waals surface area contributed by atoms with Gasteiger partial charge in [0.25, 0.3) is 10.1 Å². The van der Waals surface area contributed by atoms with E-state index in [1.165, 1.54) is 25.7 Å².